The minimum Gasteiger partial charge on any atom is -0.386 e. The molecule has 8 heteroatoms. The first-order chi connectivity index (χ1) is 13.8. The third-order valence-electron chi connectivity index (χ3n) is 4.35. The van der Waals surface area contributed by atoms with Crippen LogP contribution in [0.15, 0.2) is 48.5 Å². The summed E-state index contributed by atoms with van der Waals surface area (Å²) in [5.74, 6) is 0.245. The van der Waals surface area contributed by atoms with Crippen LogP contribution in [0.5, 0.6) is 0 Å². The van der Waals surface area contributed by atoms with Crippen molar-refractivity contribution in [2.45, 2.75) is 56.3 Å². The molecule has 0 fully saturated rings. The fourth-order valence-corrected chi connectivity index (χ4v) is 4.21. The molecule has 0 radical (unpaired) electrons. The van der Waals surface area contributed by atoms with E-state index < -0.39 is 30.8 Å². The smallest absolute Gasteiger partial charge is 0.386 e. The number of rotatable bonds is 8. The van der Waals surface area contributed by atoms with Crippen LogP contribution in [0.4, 0.5) is 13.2 Å². The van der Waals surface area contributed by atoms with Gasteiger partial charge in [-0.3, -0.25) is 0 Å². The van der Waals surface area contributed by atoms with Crippen LogP contribution in [-0.2, 0) is 0 Å². The van der Waals surface area contributed by atoms with Crippen molar-refractivity contribution >= 4 is 35.0 Å². The average Bonchev–Trinajstić information content (AvgIpc) is 2.62. The Labute approximate surface area is 190 Å². The summed E-state index contributed by atoms with van der Waals surface area (Å²) in [6, 6.07) is 11.7. The minimum absolute atomic E-state index is 0.188. The van der Waals surface area contributed by atoms with Crippen molar-refractivity contribution in [3.05, 3.63) is 69.7 Å². The summed E-state index contributed by atoms with van der Waals surface area (Å²) >= 11 is 13.5. The standard InChI is InChI=1S/C22H26Cl2F3NOS/c1-21(2,3)30-13-18(12-22(25,26)27)28-19(14-7-9-16(23)10-8-14)20(29)15-5-4-6-17(24)11-15/h4-11,18-20,28-29H,12-13H2,1-3H3/t18-,19+,20+/m0/s1. The van der Waals surface area contributed by atoms with E-state index in [1.165, 1.54) is 11.8 Å². The molecule has 0 aromatic heterocycles. The summed E-state index contributed by atoms with van der Waals surface area (Å²) in [5.41, 5.74) is 1.16. The second-order valence-corrected chi connectivity index (χ2v) is 10.9. The molecule has 0 aliphatic heterocycles. The predicted octanol–water partition coefficient (Wildman–Crippen LogP) is 7.21. The molecule has 0 bridgehead atoms. The largest absolute Gasteiger partial charge is 0.390 e. The molecule has 0 spiro atoms. The lowest BCUT2D eigenvalue weighted by molar-refractivity contribution is -0.139. The molecule has 0 saturated heterocycles. The van der Waals surface area contributed by atoms with Crippen LogP contribution in [0, 0.1) is 0 Å². The van der Waals surface area contributed by atoms with E-state index in [0.717, 1.165) is 0 Å². The summed E-state index contributed by atoms with van der Waals surface area (Å²) < 4.78 is 39.6. The van der Waals surface area contributed by atoms with E-state index in [1.807, 2.05) is 20.8 Å². The van der Waals surface area contributed by atoms with E-state index in [1.54, 1.807) is 48.5 Å². The summed E-state index contributed by atoms with van der Waals surface area (Å²) in [5, 5.41) is 15.1. The third kappa shape index (κ3) is 8.67. The number of halogens is 5. The monoisotopic (exact) mass is 479 g/mol. The van der Waals surface area contributed by atoms with Gasteiger partial charge in [-0.25, -0.2) is 0 Å². The lowest BCUT2D eigenvalue weighted by atomic mass is 9.94. The maximum absolute atomic E-state index is 13.3. The molecular formula is C22H26Cl2F3NOS. The highest BCUT2D eigenvalue weighted by Gasteiger charge is 2.35. The molecule has 0 aliphatic rings. The van der Waals surface area contributed by atoms with Crippen molar-refractivity contribution in [1.82, 2.24) is 5.32 Å². The van der Waals surface area contributed by atoms with Crippen molar-refractivity contribution < 1.29 is 18.3 Å². The Hall–Kier alpha value is -0.920. The molecule has 0 aliphatic carbocycles. The van der Waals surface area contributed by atoms with Gasteiger partial charge in [-0.05, 0) is 35.4 Å². The van der Waals surface area contributed by atoms with Gasteiger partial charge < -0.3 is 10.4 Å². The van der Waals surface area contributed by atoms with Crippen LogP contribution in [0.1, 0.15) is 50.5 Å². The van der Waals surface area contributed by atoms with Crippen LogP contribution in [0.2, 0.25) is 10.0 Å². The molecule has 0 saturated carbocycles. The molecule has 166 valence electrons. The zero-order chi connectivity index (χ0) is 22.5. The first-order valence-corrected chi connectivity index (χ1v) is 11.2. The molecule has 30 heavy (non-hydrogen) atoms. The summed E-state index contributed by atoms with van der Waals surface area (Å²) in [6.07, 6.45) is -6.43. The third-order valence-corrected chi connectivity index (χ3v) is 6.27. The highest BCUT2D eigenvalue weighted by molar-refractivity contribution is 8.00. The van der Waals surface area contributed by atoms with Gasteiger partial charge in [-0.2, -0.15) is 24.9 Å². The van der Waals surface area contributed by atoms with Gasteiger partial charge in [0.2, 0.25) is 0 Å². The minimum atomic E-state index is -4.33. The van der Waals surface area contributed by atoms with Gasteiger partial charge >= 0.3 is 6.18 Å². The molecule has 2 aromatic carbocycles. The number of benzene rings is 2. The van der Waals surface area contributed by atoms with E-state index in [4.69, 9.17) is 23.2 Å². The fourth-order valence-electron chi connectivity index (χ4n) is 2.97. The van der Waals surface area contributed by atoms with Gasteiger partial charge in [-0.1, -0.05) is 68.2 Å². The van der Waals surface area contributed by atoms with Crippen molar-refractivity contribution in [3.63, 3.8) is 0 Å². The van der Waals surface area contributed by atoms with E-state index in [0.29, 0.717) is 21.2 Å². The van der Waals surface area contributed by atoms with Crippen LogP contribution < -0.4 is 5.32 Å². The summed E-state index contributed by atoms with van der Waals surface area (Å²) in [6.45, 7) is 5.87. The molecule has 2 aromatic rings. The first kappa shape index (κ1) is 25.3. The number of nitrogens with one attached hydrogen (secondary N) is 1. The number of hydrogen-bond donors (Lipinski definition) is 2. The maximum atomic E-state index is 13.3. The molecule has 0 unspecified atom stereocenters. The molecule has 2 nitrogen and oxygen atoms in total. The van der Waals surface area contributed by atoms with E-state index in [9.17, 15) is 18.3 Å². The van der Waals surface area contributed by atoms with Crippen LogP contribution in [-0.4, -0.2) is 27.8 Å². The topological polar surface area (TPSA) is 32.3 Å². The fraction of sp³-hybridized carbons (Fsp3) is 0.455. The number of hydrogen-bond acceptors (Lipinski definition) is 3. The molecule has 2 N–H and O–H groups in total. The van der Waals surface area contributed by atoms with E-state index >= 15 is 0 Å². The van der Waals surface area contributed by atoms with Gasteiger partial charge in [0.05, 0.1) is 18.6 Å². The highest BCUT2D eigenvalue weighted by Crippen LogP contribution is 2.34. The maximum Gasteiger partial charge on any atom is 0.390 e. The predicted molar refractivity (Wildman–Crippen MR) is 120 cm³/mol. The van der Waals surface area contributed by atoms with Gasteiger partial charge in [-0.15, -0.1) is 0 Å². The Morgan fingerprint density at radius 2 is 1.60 bits per heavy atom. The van der Waals surface area contributed by atoms with E-state index in [-0.39, 0.29) is 10.5 Å². The van der Waals surface area contributed by atoms with Crippen molar-refractivity contribution in [3.8, 4) is 0 Å². The summed E-state index contributed by atoms with van der Waals surface area (Å²) in [4.78, 5) is 0. The number of alkyl halides is 3. The zero-order valence-corrected chi connectivity index (χ0v) is 19.3. The van der Waals surface area contributed by atoms with Crippen molar-refractivity contribution in [1.29, 1.82) is 0 Å². The van der Waals surface area contributed by atoms with Gasteiger partial charge in [0.15, 0.2) is 0 Å². The van der Waals surface area contributed by atoms with Crippen LogP contribution in [0.25, 0.3) is 0 Å². The molecular weight excluding hydrogens is 454 g/mol. The lowest BCUT2D eigenvalue weighted by Gasteiger charge is -2.32. The zero-order valence-electron chi connectivity index (χ0n) is 17.0. The van der Waals surface area contributed by atoms with Crippen LogP contribution >= 0.6 is 35.0 Å². The first-order valence-electron chi connectivity index (χ1n) is 9.50. The molecule has 0 heterocycles. The van der Waals surface area contributed by atoms with Gasteiger partial charge in [0.1, 0.15) is 0 Å². The van der Waals surface area contributed by atoms with Crippen LogP contribution in [0.3, 0.4) is 0 Å². The average molecular weight is 480 g/mol. The van der Waals surface area contributed by atoms with Crippen molar-refractivity contribution in [2.75, 3.05) is 5.75 Å². The van der Waals surface area contributed by atoms with Gasteiger partial charge in [0.25, 0.3) is 0 Å². The van der Waals surface area contributed by atoms with Gasteiger partial charge in [0, 0.05) is 26.6 Å². The second kappa shape index (κ2) is 10.6. The molecule has 0 amide bonds. The second-order valence-electron chi connectivity index (χ2n) is 8.14. The number of thioether (sulfide) groups is 1. The number of aliphatic hydroxyl groups is 1. The molecule has 2 rings (SSSR count). The SMILES string of the molecule is CC(C)(C)SC[C@H](CC(F)(F)F)N[C@H](c1ccc(Cl)cc1)[C@H](O)c1cccc(Cl)c1. The Morgan fingerprint density at radius 1 is 0.967 bits per heavy atom. The van der Waals surface area contributed by atoms with E-state index in [2.05, 4.69) is 5.32 Å². The Kier molecular flexibility index (Phi) is 8.95. The Balaban J connectivity index is 2.36. The Bertz CT molecular complexity index is 809. The quantitative estimate of drug-likeness (QED) is 0.419. The Morgan fingerprint density at radius 3 is 2.13 bits per heavy atom. The van der Waals surface area contributed by atoms with Crippen molar-refractivity contribution in [2.24, 2.45) is 0 Å². The normalized spacial score (nSPS) is 15.6. The summed E-state index contributed by atoms with van der Waals surface area (Å²) in [7, 11) is 0. The lowest BCUT2D eigenvalue weighted by Crippen LogP contribution is -2.41. The number of aliphatic hydroxyl groups excluding tert-OH is 1. The highest BCUT2D eigenvalue weighted by atomic mass is 35.5. The molecule has 3 atom stereocenters.